The fraction of sp³-hybridized carbons (Fsp3) is 0.385. The third kappa shape index (κ3) is 2.79. The van der Waals surface area contributed by atoms with Crippen molar-refractivity contribution in [2.45, 2.75) is 19.5 Å². The fourth-order valence-corrected chi connectivity index (χ4v) is 2.30. The first-order chi connectivity index (χ1) is 9.21. The Kier molecular flexibility index (Phi) is 4.55. The Morgan fingerprint density at radius 1 is 1.42 bits per heavy atom. The summed E-state index contributed by atoms with van der Waals surface area (Å²) in [7, 11) is 3.56. The first-order valence-corrected chi connectivity index (χ1v) is 6.89. The van der Waals surface area contributed by atoms with Crippen molar-refractivity contribution < 1.29 is 4.74 Å². The van der Waals surface area contributed by atoms with E-state index in [9.17, 15) is 0 Å². The molecule has 0 radical (unpaired) electrons. The van der Waals surface area contributed by atoms with Crippen molar-refractivity contribution in [1.29, 1.82) is 0 Å². The summed E-state index contributed by atoms with van der Waals surface area (Å²) in [4.78, 5) is 4.45. The smallest absolute Gasteiger partial charge is 0.161 e. The van der Waals surface area contributed by atoms with Crippen LogP contribution in [0.3, 0.4) is 0 Å². The van der Waals surface area contributed by atoms with Gasteiger partial charge in [0.2, 0.25) is 0 Å². The topological polar surface area (TPSA) is 52.0 Å². The van der Waals surface area contributed by atoms with Gasteiger partial charge in [-0.3, -0.25) is 9.67 Å². The van der Waals surface area contributed by atoms with E-state index in [2.05, 4.69) is 38.3 Å². The summed E-state index contributed by atoms with van der Waals surface area (Å²) in [6, 6.07) is 3.91. The SMILES string of the molecule is CCn1ncc(OC)c1C(NC)c1ccc(Br)cn1. The highest BCUT2D eigenvalue weighted by Crippen LogP contribution is 2.29. The second kappa shape index (κ2) is 6.16. The van der Waals surface area contributed by atoms with Crippen molar-refractivity contribution in [2.24, 2.45) is 0 Å². The van der Waals surface area contributed by atoms with E-state index in [1.54, 1.807) is 19.5 Å². The van der Waals surface area contributed by atoms with Crippen molar-refractivity contribution >= 4 is 15.9 Å². The molecule has 2 heterocycles. The number of methoxy groups -OCH3 is 1. The van der Waals surface area contributed by atoms with E-state index in [4.69, 9.17) is 4.74 Å². The lowest BCUT2D eigenvalue weighted by molar-refractivity contribution is 0.400. The Hall–Kier alpha value is -1.40. The second-order valence-corrected chi connectivity index (χ2v) is 4.95. The van der Waals surface area contributed by atoms with Crippen molar-refractivity contribution in [2.75, 3.05) is 14.2 Å². The molecule has 0 aliphatic heterocycles. The van der Waals surface area contributed by atoms with E-state index in [-0.39, 0.29) is 6.04 Å². The van der Waals surface area contributed by atoms with E-state index in [1.807, 2.05) is 23.9 Å². The molecular weight excluding hydrogens is 308 g/mol. The zero-order valence-electron chi connectivity index (χ0n) is 11.2. The predicted molar refractivity (Wildman–Crippen MR) is 77.3 cm³/mol. The molecule has 2 rings (SSSR count). The Morgan fingerprint density at radius 3 is 2.74 bits per heavy atom. The number of hydrogen-bond acceptors (Lipinski definition) is 4. The zero-order valence-corrected chi connectivity index (χ0v) is 12.8. The van der Waals surface area contributed by atoms with Crippen molar-refractivity contribution in [3.8, 4) is 5.75 Å². The number of ether oxygens (including phenoxy) is 1. The molecule has 0 aromatic carbocycles. The lowest BCUT2D eigenvalue weighted by Crippen LogP contribution is -2.23. The van der Waals surface area contributed by atoms with Gasteiger partial charge in [0.1, 0.15) is 5.69 Å². The van der Waals surface area contributed by atoms with Crippen LogP contribution in [0.15, 0.2) is 29.0 Å². The summed E-state index contributed by atoms with van der Waals surface area (Å²) >= 11 is 3.40. The number of aromatic nitrogens is 3. The van der Waals surface area contributed by atoms with Crippen molar-refractivity contribution in [1.82, 2.24) is 20.1 Å². The molecule has 102 valence electrons. The summed E-state index contributed by atoms with van der Waals surface area (Å²) in [5, 5.41) is 7.60. The largest absolute Gasteiger partial charge is 0.493 e. The number of rotatable bonds is 5. The Labute approximate surface area is 121 Å². The van der Waals surface area contributed by atoms with Crippen LogP contribution in [0.1, 0.15) is 24.4 Å². The number of hydrogen-bond donors (Lipinski definition) is 1. The van der Waals surface area contributed by atoms with Gasteiger partial charge >= 0.3 is 0 Å². The van der Waals surface area contributed by atoms with Gasteiger partial charge in [-0.2, -0.15) is 5.10 Å². The summed E-state index contributed by atoms with van der Waals surface area (Å²) in [6.07, 6.45) is 3.53. The van der Waals surface area contributed by atoms with Gasteiger partial charge in [0.15, 0.2) is 5.75 Å². The molecule has 0 aliphatic carbocycles. The molecule has 1 unspecified atom stereocenters. The van der Waals surface area contributed by atoms with Crippen LogP contribution in [0.25, 0.3) is 0 Å². The average molecular weight is 325 g/mol. The van der Waals surface area contributed by atoms with Crippen molar-refractivity contribution in [3.05, 3.63) is 40.4 Å². The zero-order chi connectivity index (χ0) is 13.8. The lowest BCUT2D eigenvalue weighted by atomic mass is 10.1. The van der Waals surface area contributed by atoms with E-state index in [1.165, 1.54) is 0 Å². The fourth-order valence-electron chi connectivity index (χ4n) is 2.06. The second-order valence-electron chi connectivity index (χ2n) is 4.04. The van der Waals surface area contributed by atoms with Crippen LogP contribution in [-0.4, -0.2) is 28.9 Å². The van der Waals surface area contributed by atoms with Gasteiger partial charge in [0.05, 0.1) is 25.0 Å². The van der Waals surface area contributed by atoms with Gasteiger partial charge in [-0.15, -0.1) is 0 Å². The number of aryl methyl sites for hydroxylation is 1. The van der Waals surface area contributed by atoms with Crippen LogP contribution in [0.4, 0.5) is 0 Å². The molecule has 1 atom stereocenters. The number of nitrogens with one attached hydrogen (secondary N) is 1. The first-order valence-electron chi connectivity index (χ1n) is 6.09. The Morgan fingerprint density at radius 2 is 2.21 bits per heavy atom. The van der Waals surface area contributed by atoms with Gasteiger partial charge in [0.25, 0.3) is 0 Å². The van der Waals surface area contributed by atoms with Crippen molar-refractivity contribution in [3.63, 3.8) is 0 Å². The van der Waals surface area contributed by atoms with Crippen LogP contribution < -0.4 is 10.1 Å². The highest BCUT2D eigenvalue weighted by molar-refractivity contribution is 9.10. The van der Waals surface area contributed by atoms with E-state index < -0.39 is 0 Å². The summed E-state index contributed by atoms with van der Waals surface area (Å²) in [5.41, 5.74) is 1.92. The summed E-state index contributed by atoms with van der Waals surface area (Å²) in [5.74, 6) is 0.769. The minimum absolute atomic E-state index is 0.0505. The third-order valence-electron chi connectivity index (χ3n) is 2.97. The van der Waals surface area contributed by atoms with Crippen LogP contribution >= 0.6 is 15.9 Å². The van der Waals surface area contributed by atoms with Gasteiger partial charge < -0.3 is 10.1 Å². The molecule has 5 nitrogen and oxygen atoms in total. The molecule has 0 saturated heterocycles. The molecule has 0 saturated carbocycles. The highest BCUT2D eigenvalue weighted by Gasteiger charge is 2.22. The van der Waals surface area contributed by atoms with Gasteiger partial charge in [-0.05, 0) is 42.0 Å². The Bertz CT molecular complexity index is 517. The van der Waals surface area contributed by atoms with E-state index >= 15 is 0 Å². The predicted octanol–water partition coefficient (Wildman–Crippen LogP) is 2.38. The van der Waals surface area contributed by atoms with Crippen LogP contribution in [0.5, 0.6) is 5.75 Å². The monoisotopic (exact) mass is 324 g/mol. The normalized spacial score (nSPS) is 12.4. The maximum Gasteiger partial charge on any atom is 0.161 e. The molecule has 19 heavy (non-hydrogen) atoms. The summed E-state index contributed by atoms with van der Waals surface area (Å²) in [6.45, 7) is 2.84. The molecule has 0 bridgehead atoms. The highest BCUT2D eigenvalue weighted by atomic mass is 79.9. The maximum absolute atomic E-state index is 5.40. The van der Waals surface area contributed by atoms with Gasteiger partial charge in [-0.1, -0.05) is 0 Å². The third-order valence-corrected chi connectivity index (χ3v) is 3.44. The average Bonchev–Trinajstić information content (AvgIpc) is 2.85. The molecule has 2 aromatic rings. The van der Waals surface area contributed by atoms with E-state index in [0.717, 1.165) is 28.2 Å². The molecule has 0 spiro atoms. The molecule has 6 heteroatoms. The lowest BCUT2D eigenvalue weighted by Gasteiger charge is -2.18. The molecule has 0 amide bonds. The van der Waals surface area contributed by atoms with E-state index in [0.29, 0.717) is 0 Å². The molecule has 2 aromatic heterocycles. The number of pyridine rings is 1. The van der Waals surface area contributed by atoms with Crippen LogP contribution in [0, 0.1) is 0 Å². The number of nitrogens with zero attached hydrogens (tertiary/aromatic N) is 3. The Balaban J connectivity index is 2.46. The van der Waals surface area contributed by atoms with Gasteiger partial charge in [0, 0.05) is 17.2 Å². The van der Waals surface area contributed by atoms with Crippen LogP contribution in [-0.2, 0) is 6.54 Å². The maximum atomic E-state index is 5.40. The minimum atomic E-state index is -0.0505. The molecule has 1 N–H and O–H groups in total. The van der Waals surface area contributed by atoms with Crippen LogP contribution in [0.2, 0.25) is 0 Å². The summed E-state index contributed by atoms with van der Waals surface area (Å²) < 4.78 is 8.28. The van der Waals surface area contributed by atoms with Gasteiger partial charge in [-0.25, -0.2) is 0 Å². The first kappa shape index (κ1) is 14.0. The molecular formula is C13H17BrN4O. The molecule has 0 fully saturated rings. The quantitative estimate of drug-likeness (QED) is 0.917. The molecule has 0 aliphatic rings. The minimum Gasteiger partial charge on any atom is -0.493 e. The standard InChI is InChI=1S/C13H17BrN4O/c1-4-18-13(11(19-3)8-17-18)12(15-2)10-6-5-9(14)7-16-10/h5-8,12,15H,4H2,1-3H3. The number of halogens is 1.